The van der Waals surface area contributed by atoms with Gasteiger partial charge in [0.15, 0.2) is 0 Å². The summed E-state index contributed by atoms with van der Waals surface area (Å²) in [4.78, 5) is 48.6. The Bertz CT molecular complexity index is 1090. The Kier molecular flexibility index (Phi) is 4.97. The topological polar surface area (TPSA) is 124 Å². The van der Waals surface area contributed by atoms with Crippen molar-refractivity contribution < 1.29 is 9.59 Å². The van der Waals surface area contributed by atoms with E-state index in [4.69, 9.17) is 0 Å². The van der Waals surface area contributed by atoms with Gasteiger partial charge in [-0.15, -0.1) is 0 Å². The summed E-state index contributed by atoms with van der Waals surface area (Å²) in [7, 11) is 0. The molecule has 2 atom stereocenters. The van der Waals surface area contributed by atoms with Crippen molar-refractivity contribution in [1.82, 2.24) is 15.5 Å². The van der Waals surface area contributed by atoms with Crippen LogP contribution in [0.1, 0.15) is 27.7 Å². The average molecular weight is 384 g/mol. The minimum absolute atomic E-state index is 0.0953. The van der Waals surface area contributed by atoms with Crippen LogP contribution in [0, 0.1) is 17.3 Å². The van der Waals surface area contributed by atoms with Gasteiger partial charge in [-0.25, -0.2) is 0 Å². The molecule has 2 amide bonds. The van der Waals surface area contributed by atoms with E-state index in [1.807, 2.05) is 27.7 Å². The molecule has 0 radical (unpaired) electrons. The van der Waals surface area contributed by atoms with Gasteiger partial charge in [-0.3, -0.25) is 29.4 Å². The molecule has 28 heavy (non-hydrogen) atoms. The summed E-state index contributed by atoms with van der Waals surface area (Å²) in [6.45, 7) is 7.83. The quantitative estimate of drug-likeness (QED) is 0.583. The van der Waals surface area contributed by atoms with E-state index in [2.05, 4.69) is 26.9 Å². The van der Waals surface area contributed by atoms with Gasteiger partial charge in [-0.2, -0.15) is 0 Å². The number of aromatic nitrogens is 2. The number of carbonyl (C=O) groups excluding carboxylic acids is 2. The third kappa shape index (κ3) is 3.62. The van der Waals surface area contributed by atoms with Gasteiger partial charge in [-0.05, 0) is 37.3 Å². The molecule has 1 aromatic heterocycles. The molecule has 0 bridgehead atoms. The molecular weight excluding hydrogens is 360 g/mol. The number of allylic oxidation sites excluding steroid dienone is 2. The molecule has 8 nitrogen and oxygen atoms in total. The Labute approximate surface area is 161 Å². The number of nitrogens with one attached hydrogen (secondary N) is 4. The zero-order valence-electron chi connectivity index (χ0n) is 16.3. The highest BCUT2D eigenvalue weighted by molar-refractivity contribution is 6.03. The smallest absolute Gasteiger partial charge is 0.272 e. The van der Waals surface area contributed by atoms with Crippen molar-refractivity contribution in [2.45, 2.75) is 27.7 Å². The van der Waals surface area contributed by atoms with E-state index in [0.717, 1.165) is 5.57 Å². The molecule has 1 heterocycles. The molecule has 2 aromatic rings. The number of anilines is 1. The highest BCUT2D eigenvalue weighted by Gasteiger charge is 2.60. The molecule has 0 aliphatic heterocycles. The van der Waals surface area contributed by atoms with E-state index in [-0.39, 0.29) is 46.2 Å². The Morgan fingerprint density at radius 2 is 1.82 bits per heavy atom. The van der Waals surface area contributed by atoms with Crippen LogP contribution in [0.5, 0.6) is 0 Å². The van der Waals surface area contributed by atoms with Crippen LogP contribution in [0.3, 0.4) is 0 Å². The SMILES string of the molecule is CC(C)=CC1C(C(=O)NCC(=O)Nc2cccc3c(=O)[nH][nH]c(=O)c23)C1(C)C. The fourth-order valence-corrected chi connectivity index (χ4v) is 3.65. The molecule has 1 saturated carbocycles. The largest absolute Gasteiger partial charge is 0.347 e. The van der Waals surface area contributed by atoms with Crippen molar-refractivity contribution in [2.24, 2.45) is 17.3 Å². The Morgan fingerprint density at radius 3 is 2.50 bits per heavy atom. The van der Waals surface area contributed by atoms with Crippen molar-refractivity contribution >= 4 is 28.3 Å². The number of fused-ring (bicyclic) bond motifs is 1. The summed E-state index contributed by atoms with van der Waals surface area (Å²) < 4.78 is 0. The molecule has 3 rings (SSSR count). The lowest BCUT2D eigenvalue weighted by Gasteiger charge is -2.09. The highest BCUT2D eigenvalue weighted by Crippen LogP contribution is 2.59. The molecule has 1 aliphatic rings. The van der Waals surface area contributed by atoms with Crippen LogP contribution in [0.15, 0.2) is 39.4 Å². The van der Waals surface area contributed by atoms with E-state index in [9.17, 15) is 19.2 Å². The number of H-pyrrole nitrogens is 2. The van der Waals surface area contributed by atoms with Crippen LogP contribution in [-0.2, 0) is 9.59 Å². The molecule has 0 spiro atoms. The summed E-state index contributed by atoms with van der Waals surface area (Å²) in [5, 5.41) is 10.0. The van der Waals surface area contributed by atoms with Crippen LogP contribution < -0.4 is 21.8 Å². The van der Waals surface area contributed by atoms with Crippen LogP contribution in [0.4, 0.5) is 5.69 Å². The second-order valence-electron chi connectivity index (χ2n) is 7.97. The molecule has 0 saturated heterocycles. The average Bonchev–Trinajstić information content (AvgIpc) is 3.15. The lowest BCUT2D eigenvalue weighted by atomic mass is 10.1. The monoisotopic (exact) mass is 384 g/mol. The maximum absolute atomic E-state index is 12.5. The number of carbonyl (C=O) groups is 2. The first kappa shape index (κ1) is 19.6. The predicted octanol–water partition coefficient (Wildman–Crippen LogP) is 1.51. The van der Waals surface area contributed by atoms with Gasteiger partial charge in [0.1, 0.15) is 0 Å². The van der Waals surface area contributed by atoms with Crippen LogP contribution in [-0.4, -0.2) is 28.6 Å². The van der Waals surface area contributed by atoms with Gasteiger partial charge < -0.3 is 10.6 Å². The van der Waals surface area contributed by atoms with E-state index in [0.29, 0.717) is 0 Å². The third-order valence-electron chi connectivity index (χ3n) is 5.23. The van der Waals surface area contributed by atoms with E-state index < -0.39 is 17.0 Å². The standard InChI is InChI=1S/C20H24N4O4/c1-10(2)8-12-16(20(12,3)4)19(28)21-9-14(25)22-13-7-5-6-11-15(13)18(27)24-23-17(11)26/h5-8,12,16H,9H2,1-4H3,(H,21,28)(H,22,25)(H,23,26)(H,24,27). The molecule has 2 unspecified atom stereocenters. The highest BCUT2D eigenvalue weighted by atomic mass is 16.2. The Balaban J connectivity index is 1.68. The lowest BCUT2D eigenvalue weighted by molar-refractivity contribution is -0.125. The minimum atomic E-state index is -0.515. The maximum Gasteiger partial charge on any atom is 0.272 e. The summed E-state index contributed by atoms with van der Waals surface area (Å²) >= 11 is 0. The number of amides is 2. The number of benzene rings is 1. The third-order valence-corrected chi connectivity index (χ3v) is 5.23. The molecule has 1 aromatic carbocycles. The molecule has 1 fully saturated rings. The van der Waals surface area contributed by atoms with Gasteiger partial charge >= 0.3 is 0 Å². The number of aromatic amines is 2. The predicted molar refractivity (Wildman–Crippen MR) is 107 cm³/mol. The zero-order valence-corrected chi connectivity index (χ0v) is 16.3. The number of hydrogen-bond acceptors (Lipinski definition) is 4. The Hall–Kier alpha value is -3.16. The second-order valence-corrected chi connectivity index (χ2v) is 7.97. The fourth-order valence-electron chi connectivity index (χ4n) is 3.65. The number of hydrogen-bond donors (Lipinski definition) is 4. The van der Waals surface area contributed by atoms with Gasteiger partial charge in [0.2, 0.25) is 11.8 Å². The van der Waals surface area contributed by atoms with Crippen molar-refractivity contribution in [1.29, 1.82) is 0 Å². The molecule has 1 aliphatic carbocycles. The van der Waals surface area contributed by atoms with E-state index in [1.165, 1.54) is 12.1 Å². The summed E-state index contributed by atoms with van der Waals surface area (Å²) in [6, 6.07) is 4.60. The van der Waals surface area contributed by atoms with Crippen LogP contribution in [0.25, 0.3) is 10.8 Å². The molecule has 8 heteroatoms. The van der Waals surface area contributed by atoms with Crippen molar-refractivity contribution in [3.05, 3.63) is 50.6 Å². The first-order chi connectivity index (χ1) is 13.1. The lowest BCUT2D eigenvalue weighted by Crippen LogP contribution is -2.35. The van der Waals surface area contributed by atoms with Gasteiger partial charge in [0.25, 0.3) is 11.1 Å². The maximum atomic E-state index is 12.5. The van der Waals surface area contributed by atoms with Crippen molar-refractivity contribution in [3.63, 3.8) is 0 Å². The van der Waals surface area contributed by atoms with Gasteiger partial charge in [0.05, 0.1) is 28.9 Å². The van der Waals surface area contributed by atoms with Crippen molar-refractivity contribution in [2.75, 3.05) is 11.9 Å². The molecular formula is C20H24N4O4. The summed E-state index contributed by atoms with van der Waals surface area (Å²) in [6.07, 6.45) is 2.09. The van der Waals surface area contributed by atoms with E-state index >= 15 is 0 Å². The van der Waals surface area contributed by atoms with E-state index in [1.54, 1.807) is 6.07 Å². The normalized spacial score (nSPS) is 19.7. The second kappa shape index (κ2) is 7.10. The number of rotatable bonds is 5. The van der Waals surface area contributed by atoms with Crippen LogP contribution in [0.2, 0.25) is 0 Å². The fraction of sp³-hybridized carbons (Fsp3) is 0.400. The van der Waals surface area contributed by atoms with Crippen molar-refractivity contribution in [3.8, 4) is 0 Å². The first-order valence-electron chi connectivity index (χ1n) is 9.09. The molecule has 4 N–H and O–H groups in total. The molecule has 148 valence electrons. The summed E-state index contributed by atoms with van der Waals surface area (Å²) in [5.41, 5.74) is 0.265. The zero-order chi connectivity index (χ0) is 20.6. The van der Waals surface area contributed by atoms with Gasteiger partial charge in [-0.1, -0.05) is 31.6 Å². The first-order valence-corrected chi connectivity index (χ1v) is 9.09. The van der Waals surface area contributed by atoms with Gasteiger partial charge in [0, 0.05) is 0 Å². The Morgan fingerprint density at radius 1 is 1.14 bits per heavy atom. The van der Waals surface area contributed by atoms with Crippen LogP contribution >= 0.6 is 0 Å². The summed E-state index contributed by atoms with van der Waals surface area (Å²) in [5.74, 6) is -0.661. The minimum Gasteiger partial charge on any atom is -0.347 e.